The number of ether oxygens (including phenoxy) is 1. The summed E-state index contributed by atoms with van der Waals surface area (Å²) in [7, 11) is 0. The van der Waals surface area contributed by atoms with Crippen molar-refractivity contribution in [2.75, 3.05) is 13.2 Å². The van der Waals surface area contributed by atoms with E-state index in [9.17, 15) is 14.3 Å². The number of nitrogens with zero attached hydrogens (tertiary/aromatic N) is 2. The highest BCUT2D eigenvalue weighted by atomic mass is 19.1. The summed E-state index contributed by atoms with van der Waals surface area (Å²) in [6, 6.07) is 10.7. The molecule has 1 amide bonds. The summed E-state index contributed by atoms with van der Waals surface area (Å²) >= 11 is 0. The minimum Gasteiger partial charge on any atom is -0.465 e. The molecule has 3 rings (SSSR count). The molecule has 0 bridgehead atoms. The zero-order valence-corrected chi connectivity index (χ0v) is 16.4. The third-order valence-electron chi connectivity index (χ3n) is 4.99. The molecule has 2 atom stereocenters. The molecule has 1 aliphatic heterocycles. The van der Waals surface area contributed by atoms with Gasteiger partial charge in [0.25, 0.3) is 0 Å². The first-order chi connectivity index (χ1) is 13.4. The Morgan fingerprint density at radius 3 is 2.46 bits per heavy atom. The van der Waals surface area contributed by atoms with Crippen LogP contribution in [0.25, 0.3) is 11.1 Å². The second-order valence-electron chi connectivity index (χ2n) is 7.30. The van der Waals surface area contributed by atoms with Crippen LogP contribution in [-0.4, -0.2) is 46.1 Å². The Balaban J connectivity index is 1.79. The van der Waals surface area contributed by atoms with Gasteiger partial charge in [-0.25, -0.2) is 9.18 Å². The van der Waals surface area contributed by atoms with Gasteiger partial charge in [-0.1, -0.05) is 37.3 Å². The van der Waals surface area contributed by atoms with Crippen molar-refractivity contribution in [2.45, 2.75) is 45.2 Å². The Kier molecular flexibility index (Phi) is 5.96. The standard InChI is InChI=1S/C21H26FN3O3/c1-4-23-13-17-10-9-16(12-24-17)14-5-7-15(8-6-14)19-18(11-22)25(20(26)27)21(2,3)28-19/h5-10,12,18-19,23H,4,11,13H2,1-3H3,(H,26,27)/t18-,19-/m1/s1. The highest BCUT2D eigenvalue weighted by molar-refractivity contribution is 5.67. The van der Waals surface area contributed by atoms with Gasteiger partial charge in [0.1, 0.15) is 18.5 Å². The van der Waals surface area contributed by atoms with Gasteiger partial charge >= 0.3 is 6.09 Å². The first-order valence-corrected chi connectivity index (χ1v) is 9.39. The van der Waals surface area contributed by atoms with E-state index in [1.165, 1.54) is 0 Å². The van der Waals surface area contributed by atoms with Gasteiger partial charge in [0, 0.05) is 18.3 Å². The molecule has 2 N–H and O–H groups in total. The van der Waals surface area contributed by atoms with E-state index < -0.39 is 30.6 Å². The topological polar surface area (TPSA) is 74.7 Å². The van der Waals surface area contributed by atoms with Gasteiger partial charge in [-0.2, -0.15) is 0 Å². The van der Waals surface area contributed by atoms with Crippen LogP contribution in [0.15, 0.2) is 42.6 Å². The molecule has 1 aliphatic rings. The van der Waals surface area contributed by atoms with Gasteiger partial charge in [0.2, 0.25) is 0 Å². The van der Waals surface area contributed by atoms with Gasteiger partial charge in [-0.15, -0.1) is 0 Å². The van der Waals surface area contributed by atoms with Crippen molar-refractivity contribution < 1.29 is 19.0 Å². The van der Waals surface area contributed by atoms with E-state index in [-0.39, 0.29) is 0 Å². The maximum atomic E-state index is 13.7. The van der Waals surface area contributed by atoms with Gasteiger partial charge < -0.3 is 15.2 Å². The maximum absolute atomic E-state index is 13.7. The molecule has 1 aromatic heterocycles. The zero-order valence-electron chi connectivity index (χ0n) is 16.4. The summed E-state index contributed by atoms with van der Waals surface area (Å²) in [5.41, 5.74) is 2.60. The lowest BCUT2D eigenvalue weighted by Crippen LogP contribution is -2.48. The summed E-state index contributed by atoms with van der Waals surface area (Å²) < 4.78 is 19.6. The fourth-order valence-corrected chi connectivity index (χ4v) is 3.61. The average Bonchev–Trinajstić information content (AvgIpc) is 2.97. The third kappa shape index (κ3) is 4.00. The predicted octanol–water partition coefficient (Wildman–Crippen LogP) is 3.98. The van der Waals surface area contributed by atoms with Gasteiger partial charge in [-0.05, 0) is 37.6 Å². The lowest BCUT2D eigenvalue weighted by Gasteiger charge is -2.29. The number of hydrogen-bond donors (Lipinski definition) is 2. The van der Waals surface area contributed by atoms with Crippen molar-refractivity contribution in [1.82, 2.24) is 15.2 Å². The molecule has 0 aliphatic carbocycles. The summed E-state index contributed by atoms with van der Waals surface area (Å²) in [5, 5.41) is 12.7. The Morgan fingerprint density at radius 1 is 1.25 bits per heavy atom. The van der Waals surface area contributed by atoms with Crippen LogP contribution < -0.4 is 5.32 Å². The van der Waals surface area contributed by atoms with Crippen LogP contribution in [0.4, 0.5) is 9.18 Å². The fraction of sp³-hybridized carbons (Fsp3) is 0.429. The van der Waals surface area contributed by atoms with Crippen LogP contribution in [0.1, 0.15) is 38.1 Å². The number of rotatable bonds is 6. The third-order valence-corrected chi connectivity index (χ3v) is 4.99. The van der Waals surface area contributed by atoms with Crippen molar-refractivity contribution in [1.29, 1.82) is 0 Å². The van der Waals surface area contributed by atoms with E-state index in [2.05, 4.69) is 10.3 Å². The zero-order chi connectivity index (χ0) is 20.3. The number of aromatic nitrogens is 1. The first kappa shape index (κ1) is 20.2. The molecule has 6 nitrogen and oxygen atoms in total. The highest BCUT2D eigenvalue weighted by Crippen LogP contribution is 2.41. The molecule has 0 spiro atoms. The largest absolute Gasteiger partial charge is 0.465 e. The summed E-state index contributed by atoms with van der Waals surface area (Å²) in [6.45, 7) is 6.14. The number of alkyl halides is 1. The first-order valence-electron chi connectivity index (χ1n) is 9.39. The van der Waals surface area contributed by atoms with Crippen molar-refractivity contribution in [3.8, 4) is 11.1 Å². The molecule has 2 aromatic rings. The minimum absolute atomic E-state index is 0.647. The predicted molar refractivity (Wildman–Crippen MR) is 105 cm³/mol. The molecule has 1 aromatic carbocycles. The molecular formula is C21H26FN3O3. The smallest absolute Gasteiger partial charge is 0.410 e. The van der Waals surface area contributed by atoms with E-state index in [0.29, 0.717) is 0 Å². The number of nitrogens with one attached hydrogen (secondary N) is 1. The maximum Gasteiger partial charge on any atom is 0.410 e. The van der Waals surface area contributed by atoms with Crippen molar-refractivity contribution in [3.63, 3.8) is 0 Å². The SMILES string of the molecule is CCNCc1ccc(-c2ccc([C@H]3OC(C)(C)N(C(=O)O)[C@@H]3CF)cc2)cn1. The number of pyridine rings is 1. The van der Waals surface area contributed by atoms with Crippen LogP contribution in [0.5, 0.6) is 0 Å². The summed E-state index contributed by atoms with van der Waals surface area (Å²) in [4.78, 5) is 17.1. The van der Waals surface area contributed by atoms with Crippen LogP contribution >= 0.6 is 0 Å². The van der Waals surface area contributed by atoms with Crippen molar-refractivity contribution in [2.24, 2.45) is 0 Å². The highest BCUT2D eigenvalue weighted by Gasteiger charge is 2.50. The van der Waals surface area contributed by atoms with E-state index in [1.54, 1.807) is 13.8 Å². The second-order valence-corrected chi connectivity index (χ2v) is 7.30. The Hall–Kier alpha value is -2.51. The van der Waals surface area contributed by atoms with Gasteiger partial charge in [-0.3, -0.25) is 9.88 Å². The summed E-state index contributed by atoms with van der Waals surface area (Å²) in [6.07, 6.45) is -0.00539. The molecule has 28 heavy (non-hydrogen) atoms. The molecule has 0 unspecified atom stereocenters. The number of amides is 1. The number of carboxylic acid groups (broad SMARTS) is 1. The Bertz CT molecular complexity index is 809. The Morgan fingerprint density at radius 2 is 1.93 bits per heavy atom. The molecule has 0 saturated carbocycles. The van der Waals surface area contributed by atoms with Crippen LogP contribution in [0.3, 0.4) is 0 Å². The minimum atomic E-state index is -1.18. The summed E-state index contributed by atoms with van der Waals surface area (Å²) in [5.74, 6) is 0. The molecular weight excluding hydrogens is 361 g/mol. The van der Waals surface area contributed by atoms with E-state index in [4.69, 9.17) is 4.74 Å². The fourth-order valence-electron chi connectivity index (χ4n) is 3.61. The van der Waals surface area contributed by atoms with Crippen molar-refractivity contribution in [3.05, 3.63) is 53.9 Å². The second kappa shape index (κ2) is 8.24. The number of hydrogen-bond acceptors (Lipinski definition) is 4. The lowest BCUT2D eigenvalue weighted by molar-refractivity contribution is -0.0674. The molecule has 2 heterocycles. The van der Waals surface area contributed by atoms with Gasteiger partial charge in [0.15, 0.2) is 0 Å². The van der Waals surface area contributed by atoms with Crippen LogP contribution in [-0.2, 0) is 11.3 Å². The monoisotopic (exact) mass is 387 g/mol. The molecule has 1 fully saturated rings. The van der Waals surface area contributed by atoms with E-state index >= 15 is 0 Å². The molecule has 150 valence electrons. The van der Waals surface area contributed by atoms with Crippen molar-refractivity contribution >= 4 is 6.09 Å². The number of benzene rings is 1. The quantitative estimate of drug-likeness (QED) is 0.784. The molecule has 0 radical (unpaired) electrons. The number of halogens is 1. The normalized spacial score (nSPS) is 21.1. The molecule has 7 heteroatoms. The van der Waals surface area contributed by atoms with Crippen LogP contribution in [0, 0.1) is 0 Å². The van der Waals surface area contributed by atoms with E-state index in [1.807, 2.05) is 49.5 Å². The average molecular weight is 387 g/mol. The van der Waals surface area contributed by atoms with E-state index in [0.717, 1.165) is 40.4 Å². The number of carbonyl (C=O) groups is 1. The van der Waals surface area contributed by atoms with Crippen LogP contribution in [0.2, 0.25) is 0 Å². The van der Waals surface area contributed by atoms with Gasteiger partial charge in [0.05, 0.1) is 11.7 Å². The lowest BCUT2D eigenvalue weighted by atomic mass is 9.99. The Labute approximate surface area is 164 Å². The molecule has 1 saturated heterocycles.